The number of rotatable bonds is 4. The van der Waals surface area contributed by atoms with E-state index in [4.69, 9.17) is 4.74 Å². The molecule has 0 radical (unpaired) electrons. The van der Waals surface area contributed by atoms with Gasteiger partial charge in [0.1, 0.15) is 5.01 Å². The van der Waals surface area contributed by atoms with E-state index in [1.807, 2.05) is 0 Å². The summed E-state index contributed by atoms with van der Waals surface area (Å²) in [6, 6.07) is 1.15. The molecule has 0 aromatic carbocycles. The van der Waals surface area contributed by atoms with E-state index in [0.29, 0.717) is 18.0 Å². The predicted octanol–water partition coefficient (Wildman–Crippen LogP) is 2.12. The summed E-state index contributed by atoms with van der Waals surface area (Å²) in [6.45, 7) is 5.70. The molecule has 3 unspecified atom stereocenters. The van der Waals surface area contributed by atoms with Crippen molar-refractivity contribution in [2.45, 2.75) is 44.8 Å². The highest BCUT2D eigenvalue weighted by Crippen LogP contribution is 2.29. The fourth-order valence-corrected chi connectivity index (χ4v) is 4.01. The number of ether oxygens (including phenoxy) is 1. The van der Waals surface area contributed by atoms with Gasteiger partial charge < -0.3 is 15.4 Å². The Morgan fingerprint density at radius 1 is 1.50 bits per heavy atom. The molecule has 0 spiro atoms. The maximum atomic E-state index is 5.61. The van der Waals surface area contributed by atoms with Crippen molar-refractivity contribution in [2.75, 3.05) is 19.8 Å². The van der Waals surface area contributed by atoms with Crippen LogP contribution in [0.2, 0.25) is 0 Å². The molecule has 4 nitrogen and oxygen atoms in total. The molecular weight excluding hydrogens is 294 g/mol. The topological polar surface area (TPSA) is 46.2 Å². The monoisotopic (exact) mass is 317 g/mol. The number of nitrogens with zero attached hydrogens (tertiary/aromatic N) is 1. The molecular formula is C14H24ClN3OS. The van der Waals surface area contributed by atoms with E-state index in [1.54, 1.807) is 11.3 Å². The zero-order valence-corrected chi connectivity index (χ0v) is 13.6. The molecule has 3 atom stereocenters. The van der Waals surface area contributed by atoms with Gasteiger partial charge in [-0.15, -0.1) is 23.7 Å². The molecule has 6 heteroatoms. The molecule has 20 heavy (non-hydrogen) atoms. The Hall–Kier alpha value is -0.200. The molecule has 0 bridgehead atoms. The molecule has 1 saturated heterocycles. The van der Waals surface area contributed by atoms with Crippen LogP contribution in [0.1, 0.15) is 30.0 Å². The minimum absolute atomic E-state index is 0. The van der Waals surface area contributed by atoms with Crippen molar-refractivity contribution in [3.05, 3.63) is 16.1 Å². The molecule has 0 amide bonds. The molecule has 2 aliphatic rings. The molecule has 1 saturated carbocycles. The maximum absolute atomic E-state index is 5.61. The Bertz CT molecular complexity index is 409. The second-order valence-electron chi connectivity index (χ2n) is 5.60. The van der Waals surface area contributed by atoms with Gasteiger partial charge in [0.25, 0.3) is 0 Å². The van der Waals surface area contributed by atoms with E-state index in [9.17, 15) is 0 Å². The fraction of sp³-hybridized carbons (Fsp3) is 0.786. The molecule has 1 aromatic heterocycles. The molecule has 2 N–H and O–H groups in total. The normalized spacial score (nSPS) is 30.1. The lowest BCUT2D eigenvalue weighted by molar-refractivity contribution is 0.0524. The number of morpholine rings is 1. The lowest BCUT2D eigenvalue weighted by Gasteiger charge is -2.32. The number of thiazole rings is 1. The average Bonchev–Trinajstić information content (AvgIpc) is 3.06. The molecule has 1 aromatic rings. The van der Waals surface area contributed by atoms with Gasteiger partial charge in [0, 0.05) is 36.2 Å². The van der Waals surface area contributed by atoms with Crippen molar-refractivity contribution >= 4 is 23.7 Å². The molecule has 3 rings (SSSR count). The SMILES string of the molecule is Cc1csc(CNC2CCCC2C2COCCN2)n1.Cl. The van der Waals surface area contributed by atoms with Crippen molar-refractivity contribution in [1.29, 1.82) is 0 Å². The quantitative estimate of drug-likeness (QED) is 0.893. The lowest BCUT2D eigenvalue weighted by atomic mass is 9.94. The van der Waals surface area contributed by atoms with Gasteiger partial charge in [0.2, 0.25) is 0 Å². The van der Waals surface area contributed by atoms with Gasteiger partial charge in [0.05, 0.1) is 13.2 Å². The first-order chi connectivity index (χ1) is 9.33. The first-order valence-corrected chi connectivity index (χ1v) is 8.16. The first-order valence-electron chi connectivity index (χ1n) is 7.28. The van der Waals surface area contributed by atoms with Crippen LogP contribution in [-0.2, 0) is 11.3 Å². The molecule has 1 aliphatic carbocycles. The van der Waals surface area contributed by atoms with Crippen molar-refractivity contribution < 1.29 is 4.74 Å². The van der Waals surface area contributed by atoms with Crippen LogP contribution in [0.4, 0.5) is 0 Å². The first kappa shape index (κ1) is 16.2. The van der Waals surface area contributed by atoms with E-state index in [1.165, 1.54) is 24.3 Å². The predicted molar refractivity (Wildman–Crippen MR) is 84.7 cm³/mol. The van der Waals surface area contributed by atoms with Gasteiger partial charge in [-0.1, -0.05) is 6.42 Å². The van der Waals surface area contributed by atoms with Crippen LogP contribution in [0.25, 0.3) is 0 Å². The van der Waals surface area contributed by atoms with Crippen LogP contribution in [0.3, 0.4) is 0 Å². The third kappa shape index (κ3) is 3.92. The van der Waals surface area contributed by atoms with Gasteiger partial charge in [-0.3, -0.25) is 0 Å². The third-order valence-corrected chi connectivity index (χ3v) is 5.19. The summed E-state index contributed by atoms with van der Waals surface area (Å²) in [6.07, 6.45) is 3.93. The summed E-state index contributed by atoms with van der Waals surface area (Å²) in [7, 11) is 0. The van der Waals surface area contributed by atoms with Crippen LogP contribution in [-0.4, -0.2) is 36.8 Å². The summed E-state index contributed by atoms with van der Waals surface area (Å²) in [4.78, 5) is 4.52. The van der Waals surface area contributed by atoms with Gasteiger partial charge in [0.15, 0.2) is 0 Å². The van der Waals surface area contributed by atoms with Crippen molar-refractivity contribution in [3.63, 3.8) is 0 Å². The van der Waals surface area contributed by atoms with E-state index in [0.717, 1.165) is 32.0 Å². The summed E-state index contributed by atoms with van der Waals surface area (Å²) in [5.74, 6) is 0.710. The smallest absolute Gasteiger partial charge is 0.107 e. The Morgan fingerprint density at radius 3 is 3.10 bits per heavy atom. The second-order valence-corrected chi connectivity index (χ2v) is 6.54. The highest BCUT2D eigenvalue weighted by atomic mass is 35.5. The standard InChI is InChI=1S/C14H23N3OS.ClH/c1-10-9-19-14(17-10)7-16-12-4-2-3-11(12)13-8-18-6-5-15-13;/h9,11-13,15-16H,2-8H2,1H3;1H. The third-order valence-electron chi connectivity index (χ3n) is 4.22. The van der Waals surface area contributed by atoms with E-state index < -0.39 is 0 Å². The minimum atomic E-state index is 0. The number of hydrogen-bond acceptors (Lipinski definition) is 5. The fourth-order valence-electron chi connectivity index (χ4n) is 3.29. The van der Waals surface area contributed by atoms with E-state index in [2.05, 4.69) is 27.9 Å². The van der Waals surface area contributed by atoms with Crippen LogP contribution in [0.5, 0.6) is 0 Å². The molecule has 2 fully saturated rings. The van der Waals surface area contributed by atoms with Crippen LogP contribution < -0.4 is 10.6 Å². The number of halogens is 1. The Balaban J connectivity index is 0.00000147. The number of aryl methyl sites for hydroxylation is 1. The van der Waals surface area contributed by atoms with E-state index in [-0.39, 0.29) is 12.4 Å². The number of aromatic nitrogens is 1. The largest absolute Gasteiger partial charge is 0.379 e. The van der Waals surface area contributed by atoms with Gasteiger partial charge in [-0.25, -0.2) is 4.98 Å². The molecule has 114 valence electrons. The minimum Gasteiger partial charge on any atom is -0.379 e. The Labute approximate surface area is 131 Å². The van der Waals surface area contributed by atoms with Crippen LogP contribution in [0, 0.1) is 12.8 Å². The zero-order chi connectivity index (χ0) is 13.1. The second kappa shape index (κ2) is 7.71. The Morgan fingerprint density at radius 2 is 2.40 bits per heavy atom. The van der Waals surface area contributed by atoms with Crippen molar-refractivity contribution in [2.24, 2.45) is 5.92 Å². The van der Waals surface area contributed by atoms with Gasteiger partial charge >= 0.3 is 0 Å². The molecule has 2 heterocycles. The zero-order valence-electron chi connectivity index (χ0n) is 11.9. The lowest BCUT2D eigenvalue weighted by Crippen LogP contribution is -2.50. The number of hydrogen-bond donors (Lipinski definition) is 2. The highest BCUT2D eigenvalue weighted by Gasteiger charge is 2.34. The van der Waals surface area contributed by atoms with Gasteiger partial charge in [-0.2, -0.15) is 0 Å². The summed E-state index contributed by atoms with van der Waals surface area (Å²) >= 11 is 1.76. The van der Waals surface area contributed by atoms with Crippen LogP contribution >= 0.6 is 23.7 Å². The molecule has 1 aliphatic heterocycles. The summed E-state index contributed by atoms with van der Waals surface area (Å²) in [5.41, 5.74) is 1.13. The maximum Gasteiger partial charge on any atom is 0.107 e. The van der Waals surface area contributed by atoms with Crippen LogP contribution in [0.15, 0.2) is 5.38 Å². The van der Waals surface area contributed by atoms with Crippen molar-refractivity contribution in [1.82, 2.24) is 15.6 Å². The number of nitrogens with one attached hydrogen (secondary N) is 2. The average molecular weight is 318 g/mol. The van der Waals surface area contributed by atoms with Gasteiger partial charge in [-0.05, 0) is 25.7 Å². The highest BCUT2D eigenvalue weighted by molar-refractivity contribution is 7.09. The summed E-state index contributed by atoms with van der Waals surface area (Å²) < 4.78 is 5.61. The van der Waals surface area contributed by atoms with E-state index >= 15 is 0 Å². The van der Waals surface area contributed by atoms with Crippen molar-refractivity contribution in [3.8, 4) is 0 Å². The summed E-state index contributed by atoms with van der Waals surface area (Å²) in [5, 5.41) is 10.7. The Kier molecular flexibility index (Phi) is 6.23.